The van der Waals surface area contributed by atoms with E-state index in [0.717, 1.165) is 24.3 Å². The smallest absolute Gasteiger partial charge is 0.258 e. The molecule has 0 saturated heterocycles. The first-order valence-electron chi connectivity index (χ1n) is 10.9. The van der Waals surface area contributed by atoms with Crippen LogP contribution < -0.4 is 0 Å². The molecule has 0 aliphatic carbocycles. The maximum atomic E-state index is 12.6. The summed E-state index contributed by atoms with van der Waals surface area (Å²) in [6.07, 6.45) is 1.57. The highest BCUT2D eigenvalue weighted by Crippen LogP contribution is 2.56. The van der Waals surface area contributed by atoms with Gasteiger partial charge in [-0.1, -0.05) is 25.3 Å². The minimum atomic E-state index is -1.74. The van der Waals surface area contributed by atoms with Gasteiger partial charge in [0.1, 0.15) is 11.1 Å². The first-order chi connectivity index (χ1) is 20.1. The molecule has 0 amide bonds. The van der Waals surface area contributed by atoms with E-state index in [0.29, 0.717) is 12.1 Å². The standard InChI is InChI=1S/C22H11N7O14/c1-3-10-5-7-12(23(30)31)20(27(38)39)16(10)18-14(25(34)35)9-15(26(36)37)19(22(18)29(42)43)17-11(4-2)6-8-13(24(32)33)21(17)28(40)41/h3-9H,1-2H2. The molecule has 0 spiro atoms. The zero-order valence-electron chi connectivity index (χ0n) is 20.8. The molecule has 0 aliphatic heterocycles. The van der Waals surface area contributed by atoms with Crippen molar-refractivity contribution >= 4 is 52.0 Å². The molecule has 0 saturated carbocycles. The summed E-state index contributed by atoms with van der Waals surface area (Å²) in [7, 11) is 0. The van der Waals surface area contributed by atoms with Crippen molar-refractivity contribution in [2.45, 2.75) is 0 Å². The molecular weight excluding hydrogens is 586 g/mol. The number of benzene rings is 3. The second-order valence-electron chi connectivity index (χ2n) is 8.02. The topological polar surface area (TPSA) is 302 Å². The predicted octanol–water partition coefficient (Wildman–Crippen LogP) is 5.66. The average molecular weight is 597 g/mol. The van der Waals surface area contributed by atoms with Crippen molar-refractivity contribution in [3.63, 3.8) is 0 Å². The predicted molar refractivity (Wildman–Crippen MR) is 144 cm³/mol. The molecule has 21 nitrogen and oxygen atoms in total. The third-order valence-corrected chi connectivity index (χ3v) is 5.91. The van der Waals surface area contributed by atoms with Crippen LogP contribution in [0, 0.1) is 70.8 Å². The third-order valence-electron chi connectivity index (χ3n) is 5.91. The van der Waals surface area contributed by atoms with Crippen LogP contribution in [0.4, 0.5) is 39.8 Å². The Morgan fingerprint density at radius 2 is 0.721 bits per heavy atom. The van der Waals surface area contributed by atoms with Gasteiger partial charge >= 0.3 is 22.7 Å². The summed E-state index contributed by atoms with van der Waals surface area (Å²) in [6, 6.07) is 2.89. The summed E-state index contributed by atoms with van der Waals surface area (Å²) in [5.41, 5.74) is -16.6. The molecule has 3 rings (SSSR count). The highest BCUT2D eigenvalue weighted by atomic mass is 16.7. The van der Waals surface area contributed by atoms with Crippen LogP contribution >= 0.6 is 0 Å². The Kier molecular flexibility index (Phi) is 7.94. The van der Waals surface area contributed by atoms with Gasteiger partial charge in [-0.3, -0.25) is 70.8 Å². The molecule has 0 fully saturated rings. The van der Waals surface area contributed by atoms with Crippen LogP contribution in [0.5, 0.6) is 0 Å². The molecule has 21 heteroatoms. The van der Waals surface area contributed by atoms with E-state index in [1.807, 2.05) is 0 Å². The lowest BCUT2D eigenvalue weighted by Gasteiger charge is -2.14. The quantitative estimate of drug-likeness (QED) is 0.190. The van der Waals surface area contributed by atoms with Crippen LogP contribution in [0.15, 0.2) is 43.5 Å². The Labute approximate surface area is 234 Å². The summed E-state index contributed by atoms with van der Waals surface area (Å²) in [6.45, 7) is 6.69. The fourth-order valence-electron chi connectivity index (χ4n) is 4.33. The van der Waals surface area contributed by atoms with Crippen LogP contribution in [0.25, 0.3) is 34.4 Å². The van der Waals surface area contributed by atoms with Gasteiger partial charge in [0.15, 0.2) is 0 Å². The molecule has 3 aromatic carbocycles. The first-order valence-corrected chi connectivity index (χ1v) is 10.9. The molecule has 3 aromatic rings. The minimum absolute atomic E-state index is 0.0858. The van der Waals surface area contributed by atoms with Gasteiger partial charge in [-0.05, 0) is 23.3 Å². The van der Waals surface area contributed by atoms with Gasteiger partial charge in [-0.15, -0.1) is 0 Å². The molecule has 0 aliphatic rings. The molecule has 0 heterocycles. The maximum absolute atomic E-state index is 12.6. The van der Waals surface area contributed by atoms with Gasteiger partial charge in [-0.2, -0.15) is 0 Å². The van der Waals surface area contributed by atoms with Crippen molar-refractivity contribution in [3.8, 4) is 22.3 Å². The van der Waals surface area contributed by atoms with Crippen molar-refractivity contribution < 1.29 is 34.5 Å². The number of hydrogen-bond donors (Lipinski definition) is 0. The number of nitro benzene ring substituents is 7. The van der Waals surface area contributed by atoms with Crippen molar-refractivity contribution in [3.05, 3.63) is 125 Å². The Balaban J connectivity index is 2.94. The fourth-order valence-corrected chi connectivity index (χ4v) is 4.33. The van der Waals surface area contributed by atoms with Crippen molar-refractivity contribution in [2.24, 2.45) is 0 Å². The van der Waals surface area contributed by atoms with Gasteiger partial charge in [0.25, 0.3) is 17.1 Å². The van der Waals surface area contributed by atoms with Gasteiger partial charge in [0.05, 0.1) is 51.7 Å². The van der Waals surface area contributed by atoms with E-state index in [9.17, 15) is 70.8 Å². The van der Waals surface area contributed by atoms with Gasteiger partial charge < -0.3 is 0 Å². The molecule has 0 bridgehead atoms. The Hall–Kier alpha value is -7.06. The molecular formula is C22H11N7O14. The third kappa shape index (κ3) is 5.02. The lowest BCUT2D eigenvalue weighted by Crippen LogP contribution is -2.09. The van der Waals surface area contributed by atoms with Gasteiger partial charge in [-0.25, -0.2) is 0 Å². The SMILES string of the molecule is C=Cc1ccc([N+](=O)[O-])c([N+](=O)[O-])c1-c1c([N+](=O)[O-])cc([N+](=O)[O-])c(-c2c(C=C)ccc([N+](=O)[O-])c2[N+](=O)[O-])c1[N+](=O)[O-]. The Morgan fingerprint density at radius 1 is 0.419 bits per heavy atom. The van der Waals surface area contributed by atoms with E-state index in [1.54, 1.807) is 0 Å². The zero-order chi connectivity index (χ0) is 32.5. The monoisotopic (exact) mass is 597 g/mol. The van der Waals surface area contributed by atoms with Crippen LogP contribution in [-0.4, -0.2) is 34.5 Å². The Bertz CT molecular complexity index is 1740. The number of nitro groups is 7. The lowest BCUT2D eigenvalue weighted by atomic mass is 9.87. The second-order valence-corrected chi connectivity index (χ2v) is 8.02. The molecule has 0 unspecified atom stereocenters. The largest absolute Gasteiger partial charge is 0.354 e. The van der Waals surface area contributed by atoms with E-state index in [1.165, 1.54) is 0 Å². The van der Waals surface area contributed by atoms with E-state index in [2.05, 4.69) is 13.2 Å². The summed E-state index contributed by atoms with van der Waals surface area (Å²) in [5.74, 6) is 0. The number of hydrogen-bond acceptors (Lipinski definition) is 14. The van der Waals surface area contributed by atoms with Crippen LogP contribution in [0.2, 0.25) is 0 Å². The average Bonchev–Trinajstić information content (AvgIpc) is 2.93. The molecule has 0 atom stereocenters. The van der Waals surface area contributed by atoms with Crippen molar-refractivity contribution in [2.75, 3.05) is 0 Å². The summed E-state index contributed by atoms with van der Waals surface area (Å²) in [5, 5.41) is 84.4. The minimum Gasteiger partial charge on any atom is -0.258 e. The van der Waals surface area contributed by atoms with E-state index >= 15 is 0 Å². The Morgan fingerprint density at radius 3 is 0.953 bits per heavy atom. The van der Waals surface area contributed by atoms with Crippen LogP contribution in [-0.2, 0) is 0 Å². The van der Waals surface area contributed by atoms with Crippen molar-refractivity contribution in [1.82, 2.24) is 0 Å². The summed E-state index contributed by atoms with van der Waals surface area (Å²) in [4.78, 5) is 74.8. The van der Waals surface area contributed by atoms with E-state index in [4.69, 9.17) is 0 Å². The molecule has 0 N–H and O–H groups in total. The van der Waals surface area contributed by atoms with Gasteiger partial charge in [0.2, 0.25) is 0 Å². The number of nitrogens with zero attached hydrogens (tertiary/aromatic N) is 7. The van der Waals surface area contributed by atoms with Crippen LogP contribution in [0.1, 0.15) is 11.1 Å². The summed E-state index contributed by atoms with van der Waals surface area (Å²) >= 11 is 0. The molecule has 43 heavy (non-hydrogen) atoms. The maximum Gasteiger partial charge on any atom is 0.354 e. The van der Waals surface area contributed by atoms with E-state index in [-0.39, 0.29) is 6.07 Å². The fraction of sp³-hybridized carbons (Fsp3) is 0. The van der Waals surface area contributed by atoms with Crippen molar-refractivity contribution in [1.29, 1.82) is 0 Å². The zero-order valence-corrected chi connectivity index (χ0v) is 20.8. The highest BCUT2D eigenvalue weighted by molar-refractivity contribution is 6.05. The second kappa shape index (κ2) is 11.2. The lowest BCUT2D eigenvalue weighted by molar-refractivity contribution is -0.422. The molecule has 0 radical (unpaired) electrons. The van der Waals surface area contributed by atoms with E-state index < -0.39 is 108 Å². The highest BCUT2D eigenvalue weighted by Gasteiger charge is 2.46. The van der Waals surface area contributed by atoms with Crippen LogP contribution in [0.3, 0.4) is 0 Å². The van der Waals surface area contributed by atoms with Gasteiger partial charge in [0, 0.05) is 12.1 Å². The first kappa shape index (κ1) is 30.5. The molecule has 0 aromatic heterocycles. The summed E-state index contributed by atoms with van der Waals surface area (Å²) < 4.78 is 0. The molecule has 218 valence electrons. The normalized spacial score (nSPS) is 10.4. The number of rotatable bonds is 11.